The number of azo groups is 2. The Morgan fingerprint density at radius 2 is 1.55 bits per heavy atom. The van der Waals surface area contributed by atoms with Crippen LogP contribution >= 0.6 is 0 Å². The second-order valence-corrected chi connectivity index (χ2v) is 12.4. The molecule has 6 aromatic rings. The van der Waals surface area contributed by atoms with Gasteiger partial charge in [-0.1, -0.05) is 35.0 Å². The highest BCUT2D eigenvalue weighted by Crippen LogP contribution is 2.46. The van der Waals surface area contributed by atoms with Gasteiger partial charge in [0.15, 0.2) is 11.6 Å². The van der Waals surface area contributed by atoms with Crippen molar-refractivity contribution < 1.29 is 18.0 Å². The largest absolute Gasteiger partial charge is 0.505 e. The topological polar surface area (TPSA) is 164 Å². The highest BCUT2D eigenvalue weighted by atomic mass is 32.2. The molecule has 12 nitrogen and oxygen atoms in total. The van der Waals surface area contributed by atoms with Gasteiger partial charge in [0, 0.05) is 6.54 Å². The number of nitrogens with zero attached hydrogens (tertiary/aromatic N) is 7. The fourth-order valence-electron chi connectivity index (χ4n) is 5.24. The van der Waals surface area contributed by atoms with Gasteiger partial charge in [0.25, 0.3) is 5.89 Å². The quantitative estimate of drug-likeness (QED) is 0.108. The van der Waals surface area contributed by atoms with Gasteiger partial charge in [0.1, 0.15) is 17.1 Å². The van der Waals surface area contributed by atoms with E-state index in [0.717, 1.165) is 22.2 Å². The summed E-state index contributed by atoms with van der Waals surface area (Å²) in [7, 11) is 0. The molecule has 6 rings (SSSR count). The minimum Gasteiger partial charge on any atom is -0.505 e. The molecule has 0 amide bonds. The Morgan fingerprint density at radius 3 is 2.22 bits per heavy atom. The number of phenolic OH excluding ortho intramolecular Hbond substituents is 1. The van der Waals surface area contributed by atoms with Gasteiger partial charge in [-0.3, -0.25) is 4.31 Å². The van der Waals surface area contributed by atoms with E-state index >= 15 is 0 Å². The van der Waals surface area contributed by atoms with Gasteiger partial charge in [0.05, 0.1) is 33.7 Å². The summed E-state index contributed by atoms with van der Waals surface area (Å²) in [6.45, 7) is 9.86. The van der Waals surface area contributed by atoms with Gasteiger partial charge in [-0.25, -0.2) is 0 Å². The van der Waals surface area contributed by atoms with Crippen molar-refractivity contribution in [3.05, 3.63) is 107 Å². The zero-order valence-electron chi connectivity index (χ0n) is 27.6. The Labute approximate surface area is 285 Å². The maximum Gasteiger partial charge on any atom is 0.318 e. The van der Waals surface area contributed by atoms with Crippen LogP contribution in [-0.4, -0.2) is 26.0 Å². The Bertz CT molecular complexity index is 2230. The third kappa shape index (κ3) is 7.02. The highest BCUT2D eigenvalue weighted by molar-refractivity contribution is 7.82. The van der Waals surface area contributed by atoms with Gasteiger partial charge in [-0.05, 0) is 112 Å². The van der Waals surface area contributed by atoms with Gasteiger partial charge in [0.2, 0.25) is 0 Å². The van der Waals surface area contributed by atoms with Crippen molar-refractivity contribution in [1.82, 2.24) is 10.1 Å². The molecule has 0 aliphatic heterocycles. The molecule has 1 unspecified atom stereocenters. The second-order valence-electron chi connectivity index (χ2n) is 11.3. The van der Waals surface area contributed by atoms with Crippen molar-refractivity contribution in [2.75, 3.05) is 16.6 Å². The number of phenols is 1. The maximum atomic E-state index is 13.0. The number of anilines is 2. The second kappa shape index (κ2) is 14.0. The molecule has 3 N–H and O–H groups in total. The van der Waals surface area contributed by atoms with Gasteiger partial charge < -0.3 is 19.5 Å². The molecule has 0 saturated carbocycles. The zero-order chi connectivity index (χ0) is 34.7. The number of hydrogen-bond donors (Lipinski definition) is 2. The van der Waals surface area contributed by atoms with Crippen LogP contribution in [0.3, 0.4) is 0 Å². The lowest BCUT2D eigenvalue weighted by Crippen LogP contribution is -2.28. The van der Waals surface area contributed by atoms with Crippen molar-refractivity contribution in [3.8, 4) is 23.0 Å². The number of aromatic hydroxyl groups is 1. The molecule has 13 heteroatoms. The van der Waals surface area contributed by atoms with Crippen LogP contribution in [0.1, 0.15) is 29.4 Å². The average Bonchev–Trinajstić information content (AvgIpc) is 3.52. The summed E-state index contributed by atoms with van der Waals surface area (Å²) >= 11 is -1.74. The van der Waals surface area contributed by atoms with Gasteiger partial charge in [-0.2, -0.15) is 14.3 Å². The molecular weight excluding hydrogens is 641 g/mol. The molecule has 0 saturated heterocycles. The van der Waals surface area contributed by atoms with Gasteiger partial charge in [-0.15, -0.1) is 15.3 Å². The smallest absolute Gasteiger partial charge is 0.318 e. The van der Waals surface area contributed by atoms with Crippen LogP contribution in [0.4, 0.5) is 34.1 Å². The molecule has 5 aromatic carbocycles. The first-order valence-corrected chi connectivity index (χ1v) is 16.5. The van der Waals surface area contributed by atoms with E-state index in [1.807, 2.05) is 76.2 Å². The van der Waals surface area contributed by atoms with E-state index < -0.39 is 11.3 Å². The normalized spacial score (nSPS) is 12.3. The van der Waals surface area contributed by atoms with Crippen molar-refractivity contribution in [2.45, 2.75) is 34.6 Å². The van der Waals surface area contributed by atoms with Crippen LogP contribution < -0.4 is 14.2 Å². The minimum atomic E-state index is -1.74. The number of benzene rings is 5. The van der Waals surface area contributed by atoms with E-state index in [4.69, 9.17) is 14.4 Å². The van der Waals surface area contributed by atoms with Crippen LogP contribution in [0.2, 0.25) is 0 Å². The zero-order valence-corrected chi connectivity index (χ0v) is 28.4. The van der Waals surface area contributed by atoms with Crippen molar-refractivity contribution in [2.24, 2.45) is 20.5 Å². The van der Waals surface area contributed by atoms with Crippen LogP contribution in [0.25, 0.3) is 22.2 Å². The highest BCUT2D eigenvalue weighted by Gasteiger charge is 2.19. The molecule has 248 valence electrons. The van der Waals surface area contributed by atoms with E-state index in [1.165, 1.54) is 0 Å². The Morgan fingerprint density at radius 1 is 0.878 bits per heavy atom. The fraction of sp³-hybridized carbons (Fsp3) is 0.167. The molecule has 49 heavy (non-hydrogen) atoms. The molecule has 0 aliphatic rings. The molecule has 1 aromatic heterocycles. The molecule has 1 heterocycles. The minimum absolute atomic E-state index is 0.125. The standard InChI is InChI=1S/C36H34N8O4S/c1-6-44(27-15-11-21(2)12-16-27)49(46)48-28-17-13-26(14-18-28)39-41-33-22(3)19-25-20-23(4)34(35(45)31(25)32(33)37)42-40-30-10-8-7-9-29(30)36-38-24(5)43-47-36/h7-20,45H,6,37H2,1-5H3. The number of aryl methyl sites for hydroxylation is 4. The van der Waals surface area contributed by atoms with Crippen molar-refractivity contribution >= 4 is 56.2 Å². The third-order valence-corrected chi connectivity index (χ3v) is 8.91. The summed E-state index contributed by atoms with van der Waals surface area (Å²) in [5, 5.41) is 34.1. The molecule has 0 spiro atoms. The first kappa shape index (κ1) is 33.0. The molecule has 0 fully saturated rings. The first-order chi connectivity index (χ1) is 23.6. The predicted molar refractivity (Wildman–Crippen MR) is 192 cm³/mol. The average molecular weight is 675 g/mol. The van der Waals surface area contributed by atoms with Gasteiger partial charge >= 0.3 is 11.3 Å². The lowest BCUT2D eigenvalue weighted by molar-refractivity contribution is 0.425. The monoisotopic (exact) mass is 674 g/mol. The van der Waals surface area contributed by atoms with Crippen LogP contribution in [0, 0.1) is 27.7 Å². The number of fused-ring (bicyclic) bond motifs is 1. The summed E-state index contributed by atoms with van der Waals surface area (Å²) in [5.74, 6) is 1.11. The molecule has 0 radical (unpaired) electrons. The van der Waals surface area contributed by atoms with E-state index in [0.29, 0.717) is 57.6 Å². The van der Waals surface area contributed by atoms with E-state index in [1.54, 1.807) is 47.6 Å². The molecule has 0 aliphatic carbocycles. The number of nitrogens with two attached hydrogens (primary N) is 1. The summed E-state index contributed by atoms with van der Waals surface area (Å²) in [6, 6.07) is 25.5. The summed E-state index contributed by atoms with van der Waals surface area (Å²) < 4.78 is 25.7. The van der Waals surface area contributed by atoms with Crippen molar-refractivity contribution in [3.63, 3.8) is 0 Å². The van der Waals surface area contributed by atoms with E-state index in [2.05, 4.69) is 30.6 Å². The summed E-state index contributed by atoms with van der Waals surface area (Å²) in [5.41, 5.74) is 12.6. The van der Waals surface area contributed by atoms with Crippen LogP contribution in [0.15, 0.2) is 110 Å². The Balaban J connectivity index is 1.25. The Kier molecular flexibility index (Phi) is 9.44. The summed E-state index contributed by atoms with van der Waals surface area (Å²) in [6.07, 6.45) is 0. The Hall–Kier alpha value is -5.95. The van der Waals surface area contributed by atoms with Crippen molar-refractivity contribution in [1.29, 1.82) is 0 Å². The number of hydrogen-bond acceptors (Lipinski definition) is 11. The number of rotatable bonds is 10. The van der Waals surface area contributed by atoms with E-state index in [-0.39, 0.29) is 17.1 Å². The third-order valence-electron chi connectivity index (χ3n) is 7.74. The van der Waals surface area contributed by atoms with Crippen LogP contribution in [-0.2, 0) is 11.3 Å². The maximum absolute atomic E-state index is 13.0. The summed E-state index contributed by atoms with van der Waals surface area (Å²) in [4.78, 5) is 4.29. The SMILES string of the molecule is CCN(c1ccc(C)cc1)S(=O)Oc1ccc(N=Nc2c(C)cc3cc(C)c(N=Nc4ccccc4-c4nc(C)no4)c(O)c3c2N)cc1. The number of nitrogen functional groups attached to an aromatic ring is 1. The fourth-order valence-corrected chi connectivity index (χ4v) is 6.11. The van der Waals surface area contributed by atoms with E-state index in [9.17, 15) is 9.32 Å². The molecule has 1 atom stereocenters. The number of aromatic nitrogens is 2. The molecule has 0 bridgehead atoms. The first-order valence-electron chi connectivity index (χ1n) is 15.5. The molecular formula is C36H34N8O4S. The van der Waals surface area contributed by atoms with Crippen LogP contribution in [0.5, 0.6) is 11.5 Å². The lowest BCUT2D eigenvalue weighted by atomic mass is 9.99. The lowest BCUT2D eigenvalue weighted by Gasteiger charge is -2.20. The predicted octanol–water partition coefficient (Wildman–Crippen LogP) is 9.73.